The lowest BCUT2D eigenvalue weighted by Gasteiger charge is -2.29. The highest BCUT2D eigenvalue weighted by atomic mass is 31.0. The van der Waals surface area contributed by atoms with E-state index in [0.29, 0.717) is 32.8 Å². The Bertz CT molecular complexity index is 2620. The van der Waals surface area contributed by atoms with Gasteiger partial charge in [0.1, 0.15) is 0 Å². The number of fused-ring (bicyclic) bond motifs is 4. The van der Waals surface area contributed by atoms with Crippen LogP contribution in [-0.4, -0.2) is 0 Å². The first-order valence-corrected chi connectivity index (χ1v) is 24.6. The number of hydrogen-bond acceptors (Lipinski definition) is 0. The van der Waals surface area contributed by atoms with Crippen molar-refractivity contribution in [3.05, 3.63) is 201 Å². The molecule has 0 saturated heterocycles. The molecule has 4 heterocycles. The maximum Gasteiger partial charge on any atom is 0.0416 e. The first-order chi connectivity index (χ1) is 28.0. The summed E-state index contributed by atoms with van der Waals surface area (Å²) in [5, 5.41) is 17.5. The quantitative estimate of drug-likeness (QED) is 0.150. The van der Waals surface area contributed by atoms with Gasteiger partial charge in [0.05, 0.1) is 0 Å². The van der Waals surface area contributed by atoms with Crippen LogP contribution in [0.15, 0.2) is 158 Å². The fraction of sp³-hybridized carbons (Fsp3) is 0.185. The largest absolute Gasteiger partial charge is 0.127 e. The SMILES string of the molecule is CC(C)(C)c1ccc(C(c2cc3ccccc3[pH]2)c2cc3ccccc3[pH]2)c(-c2cc(C(C)(C)C)ccc2C(c2cc3ccccc3[pH]2)c2cc3ccccc3[pH]2)c1. The Labute approximate surface area is 349 Å². The normalized spacial score (nSPS) is 14.1. The summed E-state index contributed by atoms with van der Waals surface area (Å²) in [6.07, 6.45) is 0. The Morgan fingerprint density at radius 1 is 0.328 bits per heavy atom. The van der Waals surface area contributed by atoms with Crippen molar-refractivity contribution >= 4 is 74.8 Å². The van der Waals surface area contributed by atoms with Crippen molar-refractivity contribution < 1.29 is 0 Å². The third-order valence-corrected chi connectivity index (χ3v) is 18.0. The third-order valence-electron chi connectivity index (χ3n) is 12.2. The molecule has 4 atom stereocenters. The van der Waals surface area contributed by atoms with E-state index >= 15 is 0 Å². The molecule has 4 heteroatoms. The van der Waals surface area contributed by atoms with Crippen LogP contribution in [0.5, 0.6) is 0 Å². The molecule has 6 aromatic carbocycles. The monoisotopic (exact) mass is 822 g/mol. The predicted octanol–water partition coefficient (Wildman–Crippen LogP) is 17.0. The van der Waals surface area contributed by atoms with Crippen LogP contribution in [0.25, 0.3) is 53.1 Å². The molecule has 10 rings (SSSR count). The minimum Gasteiger partial charge on any atom is -0.127 e. The van der Waals surface area contributed by atoms with Crippen molar-refractivity contribution in [2.24, 2.45) is 0 Å². The van der Waals surface area contributed by atoms with Crippen LogP contribution in [0, 0.1) is 0 Å². The molecule has 0 saturated carbocycles. The van der Waals surface area contributed by atoms with Crippen molar-refractivity contribution in [2.45, 2.75) is 64.2 Å². The van der Waals surface area contributed by atoms with Crippen molar-refractivity contribution in [2.75, 3.05) is 0 Å². The Hall–Kier alpha value is -4.52. The van der Waals surface area contributed by atoms with Crippen molar-refractivity contribution in [3.8, 4) is 11.1 Å². The minimum absolute atomic E-state index is 0.00673. The minimum atomic E-state index is -0.00673. The van der Waals surface area contributed by atoms with Gasteiger partial charge in [-0.05, 0) is 132 Å². The van der Waals surface area contributed by atoms with Crippen LogP contribution in [0.3, 0.4) is 0 Å². The molecule has 10 aromatic rings. The van der Waals surface area contributed by atoms with Crippen LogP contribution >= 0.6 is 32.8 Å². The molecular weight excluding hydrogens is 772 g/mol. The van der Waals surface area contributed by atoms with Gasteiger partial charge in [-0.3, -0.25) is 0 Å². The van der Waals surface area contributed by atoms with Gasteiger partial charge in [0.25, 0.3) is 0 Å². The lowest BCUT2D eigenvalue weighted by Crippen LogP contribution is -2.14. The summed E-state index contributed by atoms with van der Waals surface area (Å²) in [6, 6.07) is 61.6. The molecule has 0 amide bonds. The summed E-state index contributed by atoms with van der Waals surface area (Å²) in [7, 11) is 2.61. The maximum absolute atomic E-state index is 2.60. The number of rotatable bonds is 7. The topological polar surface area (TPSA) is 0 Å². The molecule has 0 radical (unpaired) electrons. The van der Waals surface area contributed by atoms with Crippen LogP contribution in [-0.2, 0) is 10.8 Å². The van der Waals surface area contributed by atoms with E-state index in [4.69, 9.17) is 0 Å². The van der Waals surface area contributed by atoms with Gasteiger partial charge < -0.3 is 0 Å². The van der Waals surface area contributed by atoms with E-state index < -0.39 is 0 Å². The fourth-order valence-electron chi connectivity index (χ4n) is 9.03. The molecule has 0 bridgehead atoms. The lowest BCUT2D eigenvalue weighted by atomic mass is 9.77. The van der Waals surface area contributed by atoms with Crippen LogP contribution in [0.1, 0.15) is 96.8 Å². The molecule has 0 N–H and O–H groups in total. The predicted molar refractivity (Wildman–Crippen MR) is 265 cm³/mol. The average Bonchev–Trinajstić information content (AvgIpc) is 4.02. The fourth-order valence-corrected chi connectivity index (χ4v) is 15.2. The highest BCUT2D eigenvalue weighted by molar-refractivity contribution is 7.40. The summed E-state index contributed by atoms with van der Waals surface area (Å²) in [5.74, 6) is 0.359. The summed E-state index contributed by atoms with van der Waals surface area (Å²) < 4.78 is 0. The summed E-state index contributed by atoms with van der Waals surface area (Å²) in [5.41, 5.74) is 8.42. The number of hydrogen-bond donors (Lipinski definition) is 0. The van der Waals surface area contributed by atoms with Gasteiger partial charge in [0.2, 0.25) is 0 Å². The first kappa shape index (κ1) is 37.7. The highest BCUT2D eigenvalue weighted by Crippen LogP contribution is 2.53. The first-order valence-electron chi connectivity index (χ1n) is 20.6. The van der Waals surface area contributed by atoms with E-state index in [0.717, 1.165) is 0 Å². The average molecular weight is 823 g/mol. The zero-order chi connectivity index (χ0) is 39.8. The van der Waals surface area contributed by atoms with Gasteiger partial charge in [-0.2, -0.15) is 0 Å². The van der Waals surface area contributed by atoms with E-state index in [9.17, 15) is 0 Å². The van der Waals surface area contributed by atoms with Crippen molar-refractivity contribution in [1.82, 2.24) is 0 Å². The molecule has 4 unspecified atom stereocenters. The van der Waals surface area contributed by atoms with E-state index in [1.165, 1.54) is 96.6 Å². The molecule has 0 aliphatic heterocycles. The molecule has 0 aliphatic rings. The van der Waals surface area contributed by atoms with E-state index in [1.54, 1.807) is 0 Å². The van der Waals surface area contributed by atoms with E-state index in [2.05, 4.69) is 199 Å². The molecule has 4 aromatic heterocycles. The molecule has 0 nitrogen and oxygen atoms in total. The van der Waals surface area contributed by atoms with Gasteiger partial charge in [-0.25, -0.2) is 0 Å². The van der Waals surface area contributed by atoms with Crippen LogP contribution < -0.4 is 0 Å². The molecule has 0 fully saturated rings. The second-order valence-corrected chi connectivity index (χ2v) is 23.7. The van der Waals surface area contributed by atoms with Gasteiger partial charge >= 0.3 is 0 Å². The molecule has 0 spiro atoms. The summed E-state index contributed by atoms with van der Waals surface area (Å²) in [4.78, 5) is 0. The van der Waals surface area contributed by atoms with Gasteiger partial charge in [0.15, 0.2) is 0 Å². The van der Waals surface area contributed by atoms with Crippen molar-refractivity contribution in [3.63, 3.8) is 0 Å². The second-order valence-electron chi connectivity index (χ2n) is 18.2. The van der Waals surface area contributed by atoms with Gasteiger partial charge in [-0.1, -0.05) is 175 Å². The van der Waals surface area contributed by atoms with E-state index in [-0.39, 0.29) is 22.7 Å². The maximum atomic E-state index is 2.60. The smallest absolute Gasteiger partial charge is 0.0416 e. The Balaban J connectivity index is 1.30. The Morgan fingerprint density at radius 2 is 0.603 bits per heavy atom. The second kappa shape index (κ2) is 14.6. The zero-order valence-electron chi connectivity index (χ0n) is 34.2. The molecular formula is C54H50P4. The van der Waals surface area contributed by atoms with Gasteiger partial charge in [0, 0.05) is 11.8 Å². The Morgan fingerprint density at radius 3 is 0.862 bits per heavy atom. The molecule has 286 valence electrons. The van der Waals surface area contributed by atoms with E-state index in [1.807, 2.05) is 0 Å². The summed E-state index contributed by atoms with van der Waals surface area (Å²) in [6.45, 7) is 14.2. The zero-order valence-corrected chi connectivity index (χ0v) is 38.2. The van der Waals surface area contributed by atoms with Crippen LogP contribution in [0.2, 0.25) is 0 Å². The van der Waals surface area contributed by atoms with Crippen molar-refractivity contribution in [1.29, 1.82) is 0 Å². The standard InChI is InChI=1S/C54H50P4/c1-53(2,3)37-23-25-39(51(47-27-33-15-7-11-19-43(33)55-47)48-28-34-16-8-12-20-44(34)56-48)41(31-37)42-32-38(54(4,5)6)24-26-40(42)52(49-29-35-17-9-13-21-45(35)57-49)50-30-36-18-10-14-22-46(36)58-50/h7-32,51-52,55-58H,1-6H3. The van der Waals surface area contributed by atoms with Crippen LogP contribution in [0.4, 0.5) is 0 Å². The summed E-state index contributed by atoms with van der Waals surface area (Å²) >= 11 is 0. The Kier molecular flexibility index (Phi) is 9.52. The highest BCUT2D eigenvalue weighted by Gasteiger charge is 2.30. The third kappa shape index (κ3) is 6.94. The number of benzene rings is 6. The molecule has 0 aliphatic carbocycles. The molecule has 58 heavy (non-hydrogen) atoms. The lowest BCUT2D eigenvalue weighted by molar-refractivity contribution is 0.589. The van der Waals surface area contributed by atoms with Gasteiger partial charge in [-0.15, -0.1) is 32.8 Å².